The van der Waals surface area contributed by atoms with Crippen molar-refractivity contribution >= 4 is 34.1 Å². The van der Waals surface area contributed by atoms with Crippen LogP contribution in [0.15, 0.2) is 65.7 Å². The number of hydrogen-bond donors (Lipinski definition) is 0. The van der Waals surface area contributed by atoms with Gasteiger partial charge in [0, 0.05) is 13.5 Å². The lowest BCUT2D eigenvalue weighted by Crippen LogP contribution is -2.32. The Balaban J connectivity index is 1.73. The van der Waals surface area contributed by atoms with Crippen LogP contribution in [-0.4, -0.2) is 22.1 Å². The molecule has 0 saturated carbocycles. The molecule has 0 bridgehead atoms. The number of thiocarbonyl (C=S) groups is 1. The Morgan fingerprint density at radius 3 is 2.32 bits per heavy atom. The summed E-state index contributed by atoms with van der Waals surface area (Å²) in [5.41, 5.74) is 2.61. The number of benzene rings is 2. The fourth-order valence-electron chi connectivity index (χ4n) is 2.44. The third kappa shape index (κ3) is 3.57. The molecule has 4 heteroatoms. The van der Waals surface area contributed by atoms with Crippen LogP contribution in [-0.2, 0) is 6.42 Å². The summed E-state index contributed by atoms with van der Waals surface area (Å²) in [7, 11) is 2.02. The molecule has 112 valence electrons. The number of aryl methyl sites for hydroxylation is 1. The summed E-state index contributed by atoms with van der Waals surface area (Å²) in [6.45, 7) is 0. The van der Waals surface area contributed by atoms with E-state index in [0.717, 1.165) is 17.9 Å². The molecular weight excluding hydrogens is 308 g/mol. The highest BCUT2D eigenvalue weighted by Gasteiger charge is 2.26. The number of rotatable bonds is 4. The highest BCUT2D eigenvalue weighted by molar-refractivity contribution is 8.14. The zero-order valence-electron chi connectivity index (χ0n) is 12.5. The Labute approximate surface area is 141 Å². The monoisotopic (exact) mass is 326 g/mol. The minimum absolute atomic E-state index is 0.219. The predicted octanol–water partition coefficient (Wildman–Crippen LogP) is 4.68. The highest BCUT2D eigenvalue weighted by atomic mass is 32.2. The maximum atomic E-state index is 5.44. The van der Waals surface area contributed by atoms with Crippen molar-refractivity contribution < 1.29 is 0 Å². The molecule has 22 heavy (non-hydrogen) atoms. The first-order chi connectivity index (χ1) is 10.7. The second-order valence-corrected chi connectivity index (χ2v) is 6.78. The molecule has 0 saturated heterocycles. The number of aliphatic imine (C=N–C) groups is 1. The van der Waals surface area contributed by atoms with E-state index in [-0.39, 0.29) is 5.37 Å². The van der Waals surface area contributed by atoms with E-state index in [1.807, 2.05) is 19.2 Å². The van der Waals surface area contributed by atoms with Gasteiger partial charge < -0.3 is 4.90 Å². The van der Waals surface area contributed by atoms with Crippen molar-refractivity contribution in [3.63, 3.8) is 0 Å². The van der Waals surface area contributed by atoms with E-state index in [9.17, 15) is 0 Å². The Kier molecular flexibility index (Phi) is 4.90. The molecule has 2 nitrogen and oxygen atoms in total. The van der Waals surface area contributed by atoms with Gasteiger partial charge >= 0.3 is 0 Å². The summed E-state index contributed by atoms with van der Waals surface area (Å²) in [5, 5.41) is 2.02. The van der Waals surface area contributed by atoms with Crippen molar-refractivity contribution in [1.82, 2.24) is 4.90 Å². The van der Waals surface area contributed by atoms with Crippen molar-refractivity contribution in [1.29, 1.82) is 0 Å². The molecule has 0 aromatic heterocycles. The van der Waals surface area contributed by atoms with Gasteiger partial charge in [-0.2, -0.15) is 0 Å². The third-order valence-corrected chi connectivity index (χ3v) is 5.44. The average Bonchev–Trinajstić information content (AvgIpc) is 2.57. The Hall–Kier alpha value is -1.65. The van der Waals surface area contributed by atoms with Gasteiger partial charge in [-0.3, -0.25) is 0 Å². The number of nitrogens with zero attached hydrogens (tertiary/aromatic N) is 2. The Morgan fingerprint density at radius 2 is 1.64 bits per heavy atom. The first-order valence-corrected chi connectivity index (χ1v) is 8.63. The van der Waals surface area contributed by atoms with Crippen LogP contribution in [0.3, 0.4) is 0 Å². The predicted molar refractivity (Wildman–Crippen MR) is 99.3 cm³/mol. The molecule has 0 spiro atoms. The first kappa shape index (κ1) is 15.3. The quantitative estimate of drug-likeness (QED) is 0.759. The molecule has 0 aliphatic carbocycles. The minimum atomic E-state index is 0.219. The van der Waals surface area contributed by atoms with Gasteiger partial charge in [0.1, 0.15) is 5.37 Å². The second kappa shape index (κ2) is 7.07. The molecule has 1 atom stereocenters. The van der Waals surface area contributed by atoms with Gasteiger partial charge in [0.15, 0.2) is 5.11 Å². The first-order valence-electron chi connectivity index (χ1n) is 7.34. The maximum absolute atomic E-state index is 5.44. The molecule has 2 aromatic carbocycles. The topological polar surface area (TPSA) is 15.6 Å². The van der Waals surface area contributed by atoms with Crippen molar-refractivity contribution in [3.8, 4) is 0 Å². The summed E-state index contributed by atoms with van der Waals surface area (Å²) in [6.07, 6.45) is 1.94. The van der Waals surface area contributed by atoms with Crippen molar-refractivity contribution in [2.45, 2.75) is 18.2 Å². The molecule has 0 fully saturated rings. The van der Waals surface area contributed by atoms with Crippen molar-refractivity contribution in [2.24, 2.45) is 4.99 Å². The van der Waals surface area contributed by atoms with Crippen LogP contribution in [0, 0.1) is 0 Å². The zero-order valence-corrected chi connectivity index (χ0v) is 14.1. The fourth-order valence-corrected chi connectivity index (χ4v) is 3.95. The van der Waals surface area contributed by atoms with E-state index in [4.69, 9.17) is 12.2 Å². The molecule has 1 aliphatic rings. The van der Waals surface area contributed by atoms with E-state index in [0.29, 0.717) is 5.11 Å². The summed E-state index contributed by atoms with van der Waals surface area (Å²) in [5.74, 6) is 0. The Bertz CT molecular complexity index is 668. The standard InChI is InChI=1S/C18H18N2S2/c1-20-17(15-10-6-3-7-11-15)22-16(19-18(20)21)13-12-14-8-4-2-5-9-14/h2-11,17H,12-13H2,1H3. The van der Waals surface area contributed by atoms with Crippen LogP contribution in [0.1, 0.15) is 22.9 Å². The molecule has 0 amide bonds. The van der Waals surface area contributed by atoms with Gasteiger partial charge in [-0.05, 0) is 29.8 Å². The van der Waals surface area contributed by atoms with E-state index in [1.54, 1.807) is 11.8 Å². The molecule has 1 aliphatic heterocycles. The number of hydrogen-bond acceptors (Lipinski definition) is 2. The molecule has 1 unspecified atom stereocenters. The van der Waals surface area contributed by atoms with Crippen LogP contribution in [0.2, 0.25) is 0 Å². The van der Waals surface area contributed by atoms with E-state index >= 15 is 0 Å². The van der Waals surface area contributed by atoms with Gasteiger partial charge in [0.25, 0.3) is 0 Å². The van der Waals surface area contributed by atoms with Crippen LogP contribution in [0.25, 0.3) is 0 Å². The smallest absolute Gasteiger partial charge is 0.197 e. The van der Waals surface area contributed by atoms with Gasteiger partial charge in [-0.1, -0.05) is 72.4 Å². The van der Waals surface area contributed by atoms with E-state index in [1.165, 1.54) is 11.1 Å². The number of thioether (sulfide) groups is 1. The van der Waals surface area contributed by atoms with Crippen molar-refractivity contribution in [3.05, 3.63) is 71.8 Å². The van der Waals surface area contributed by atoms with E-state index < -0.39 is 0 Å². The maximum Gasteiger partial charge on any atom is 0.197 e. The lowest BCUT2D eigenvalue weighted by Gasteiger charge is -2.32. The summed E-state index contributed by atoms with van der Waals surface area (Å²) < 4.78 is 0. The van der Waals surface area contributed by atoms with E-state index in [2.05, 4.69) is 58.4 Å². The van der Waals surface area contributed by atoms with Crippen molar-refractivity contribution in [2.75, 3.05) is 7.05 Å². The highest BCUT2D eigenvalue weighted by Crippen LogP contribution is 2.37. The zero-order chi connectivity index (χ0) is 15.4. The molecule has 0 N–H and O–H groups in total. The van der Waals surface area contributed by atoms with Gasteiger partial charge in [-0.25, -0.2) is 4.99 Å². The minimum Gasteiger partial charge on any atom is -0.334 e. The summed E-state index contributed by atoms with van der Waals surface area (Å²) in [4.78, 5) is 6.66. The van der Waals surface area contributed by atoms with Crippen LogP contribution >= 0.6 is 24.0 Å². The largest absolute Gasteiger partial charge is 0.334 e. The van der Waals surface area contributed by atoms with Gasteiger partial charge in [-0.15, -0.1) is 0 Å². The third-order valence-electron chi connectivity index (χ3n) is 3.68. The van der Waals surface area contributed by atoms with Crippen LogP contribution in [0.4, 0.5) is 0 Å². The molecule has 0 radical (unpaired) electrons. The molecule has 1 heterocycles. The average molecular weight is 326 g/mol. The SMILES string of the molecule is CN1C(=S)N=C(CCc2ccccc2)SC1c1ccccc1. The summed E-state index contributed by atoms with van der Waals surface area (Å²) >= 11 is 7.24. The van der Waals surface area contributed by atoms with Gasteiger partial charge in [0.2, 0.25) is 0 Å². The fraction of sp³-hybridized carbons (Fsp3) is 0.222. The molecule has 3 rings (SSSR count). The second-order valence-electron chi connectivity index (χ2n) is 5.27. The molecular formula is C18H18N2S2. The Morgan fingerprint density at radius 1 is 1.00 bits per heavy atom. The molecule has 2 aromatic rings. The lowest BCUT2D eigenvalue weighted by molar-refractivity contribution is 0.490. The lowest BCUT2D eigenvalue weighted by atomic mass is 10.1. The normalized spacial score (nSPS) is 18.2. The van der Waals surface area contributed by atoms with Crippen LogP contribution in [0.5, 0.6) is 0 Å². The summed E-state index contributed by atoms with van der Waals surface area (Å²) in [6, 6.07) is 21.0. The van der Waals surface area contributed by atoms with Crippen LogP contribution < -0.4 is 0 Å². The van der Waals surface area contributed by atoms with Gasteiger partial charge in [0.05, 0.1) is 5.04 Å².